The first-order chi connectivity index (χ1) is 17.5. The van der Waals surface area contributed by atoms with Crippen LogP contribution in [0.4, 0.5) is 0 Å². The molecule has 182 valence electrons. The molecule has 0 bridgehead atoms. The number of nitrogens with zero attached hydrogens (tertiary/aromatic N) is 6. The first-order valence-corrected chi connectivity index (χ1v) is 13.2. The molecule has 6 rings (SSSR count). The molecule has 0 spiro atoms. The van der Waals surface area contributed by atoms with Gasteiger partial charge in [0, 0.05) is 30.6 Å². The molecule has 0 unspecified atom stereocenters. The number of pyridine rings is 1. The van der Waals surface area contributed by atoms with Crippen LogP contribution in [0.1, 0.15) is 30.1 Å². The summed E-state index contributed by atoms with van der Waals surface area (Å²) >= 11 is 0. The van der Waals surface area contributed by atoms with Gasteiger partial charge in [-0.1, -0.05) is 41.6 Å². The molecule has 11 heteroatoms. The Morgan fingerprint density at radius 2 is 1.81 bits per heavy atom. The van der Waals surface area contributed by atoms with Gasteiger partial charge in [-0.05, 0) is 42.7 Å². The van der Waals surface area contributed by atoms with Crippen LogP contribution in [0.2, 0.25) is 0 Å². The van der Waals surface area contributed by atoms with E-state index in [-0.39, 0.29) is 21.9 Å². The largest absolute Gasteiger partial charge is 0.308 e. The van der Waals surface area contributed by atoms with E-state index in [1.807, 2.05) is 36.4 Å². The molecule has 4 heterocycles. The summed E-state index contributed by atoms with van der Waals surface area (Å²) in [5.41, 5.74) is 2.06. The van der Waals surface area contributed by atoms with Gasteiger partial charge in [-0.2, -0.15) is 4.31 Å². The van der Waals surface area contributed by atoms with Gasteiger partial charge in [-0.3, -0.25) is 9.78 Å². The number of sulfonamides is 1. The van der Waals surface area contributed by atoms with E-state index in [0.29, 0.717) is 43.9 Å². The number of nitrogens with one attached hydrogen (secondary N) is 1. The number of benzene rings is 2. The summed E-state index contributed by atoms with van der Waals surface area (Å²) in [6.45, 7) is 1.12. The van der Waals surface area contributed by atoms with Crippen LogP contribution in [0.15, 0.2) is 76.6 Å². The first kappa shape index (κ1) is 22.5. The molecule has 1 fully saturated rings. The number of aromatic nitrogens is 6. The molecule has 1 aliphatic heterocycles. The van der Waals surface area contributed by atoms with Gasteiger partial charge in [-0.25, -0.2) is 18.1 Å². The highest BCUT2D eigenvalue weighted by Gasteiger charge is 2.31. The Hall–Kier alpha value is -3.96. The van der Waals surface area contributed by atoms with E-state index in [1.165, 1.54) is 4.31 Å². The van der Waals surface area contributed by atoms with Gasteiger partial charge >= 0.3 is 0 Å². The fraction of sp³-hybridized carbons (Fsp3) is 0.240. The van der Waals surface area contributed by atoms with Crippen molar-refractivity contribution in [1.29, 1.82) is 0 Å². The minimum Gasteiger partial charge on any atom is -0.308 e. The molecule has 2 aromatic carbocycles. The second-order valence-electron chi connectivity index (χ2n) is 8.89. The van der Waals surface area contributed by atoms with Crippen LogP contribution in [0.3, 0.4) is 0 Å². The lowest BCUT2D eigenvalue weighted by molar-refractivity contribution is 0.313. The van der Waals surface area contributed by atoms with E-state index >= 15 is 0 Å². The Balaban J connectivity index is 1.23. The molecule has 0 aliphatic carbocycles. The van der Waals surface area contributed by atoms with Crippen LogP contribution in [0.25, 0.3) is 22.1 Å². The van der Waals surface area contributed by atoms with E-state index in [2.05, 4.69) is 20.3 Å². The predicted octanol–water partition coefficient (Wildman–Crippen LogP) is 2.68. The van der Waals surface area contributed by atoms with E-state index in [0.717, 1.165) is 16.5 Å². The van der Waals surface area contributed by atoms with Gasteiger partial charge in [0.2, 0.25) is 10.0 Å². The molecule has 1 N–H and O–H groups in total. The zero-order valence-corrected chi connectivity index (χ0v) is 20.1. The number of hydrogen-bond acceptors (Lipinski definition) is 7. The minimum atomic E-state index is -3.65. The van der Waals surface area contributed by atoms with Crippen LogP contribution in [0.5, 0.6) is 0 Å². The highest BCUT2D eigenvalue weighted by atomic mass is 32.2. The molecular formula is C25H23N7O3S. The van der Waals surface area contributed by atoms with Gasteiger partial charge in [0.1, 0.15) is 5.82 Å². The van der Waals surface area contributed by atoms with Gasteiger partial charge in [0.25, 0.3) is 5.56 Å². The van der Waals surface area contributed by atoms with Crippen LogP contribution in [0, 0.1) is 0 Å². The molecule has 36 heavy (non-hydrogen) atoms. The molecule has 5 aromatic rings. The smallest absolute Gasteiger partial charge is 0.281 e. The zero-order chi connectivity index (χ0) is 24.7. The fourth-order valence-corrected chi connectivity index (χ4v) is 6.18. The summed E-state index contributed by atoms with van der Waals surface area (Å²) in [5.74, 6) is 0.465. The third-order valence-electron chi connectivity index (χ3n) is 6.62. The third-order valence-corrected chi connectivity index (χ3v) is 8.51. The van der Waals surface area contributed by atoms with Crippen LogP contribution in [-0.2, 0) is 16.6 Å². The van der Waals surface area contributed by atoms with Crippen LogP contribution in [-0.4, -0.2) is 55.8 Å². The lowest BCUT2D eigenvalue weighted by Gasteiger charge is -2.30. The standard InChI is InChI=1S/C25H23N7O3S/c33-25-22-24(32(30-29-22)16-17-5-2-1-3-6-17)27-23(28-25)18-10-13-31(14-11-18)36(34,35)20-8-9-21-19(15-20)7-4-12-26-21/h1-9,12,15,18H,10-11,13-14,16H2,(H,27,28,33). The number of fused-ring (bicyclic) bond motifs is 2. The van der Waals surface area contributed by atoms with Crippen molar-refractivity contribution in [3.05, 3.63) is 88.6 Å². The number of H-pyrrole nitrogens is 1. The lowest BCUT2D eigenvalue weighted by Crippen LogP contribution is -2.38. The summed E-state index contributed by atoms with van der Waals surface area (Å²) in [6.07, 6.45) is 2.77. The highest BCUT2D eigenvalue weighted by Crippen LogP contribution is 2.30. The molecule has 0 amide bonds. The van der Waals surface area contributed by atoms with Crippen molar-refractivity contribution in [3.8, 4) is 0 Å². The molecule has 0 radical (unpaired) electrons. The predicted molar refractivity (Wildman–Crippen MR) is 134 cm³/mol. The minimum absolute atomic E-state index is 0.0746. The fourth-order valence-electron chi connectivity index (χ4n) is 4.67. The quantitative estimate of drug-likeness (QED) is 0.392. The van der Waals surface area contributed by atoms with Gasteiger partial charge in [0.15, 0.2) is 11.2 Å². The third kappa shape index (κ3) is 4.06. The van der Waals surface area contributed by atoms with Crippen LogP contribution < -0.4 is 5.56 Å². The monoisotopic (exact) mass is 501 g/mol. The van der Waals surface area contributed by atoms with Crippen molar-refractivity contribution in [1.82, 2.24) is 34.3 Å². The number of hydrogen-bond donors (Lipinski definition) is 1. The summed E-state index contributed by atoms with van der Waals surface area (Å²) in [4.78, 5) is 24.8. The Morgan fingerprint density at radius 3 is 2.61 bits per heavy atom. The average molecular weight is 502 g/mol. The molecule has 10 nitrogen and oxygen atoms in total. The van der Waals surface area contributed by atoms with Crippen molar-refractivity contribution >= 4 is 32.1 Å². The zero-order valence-electron chi connectivity index (χ0n) is 19.3. The van der Waals surface area contributed by atoms with Crippen molar-refractivity contribution in [2.24, 2.45) is 0 Å². The number of rotatable bonds is 5. The van der Waals surface area contributed by atoms with Gasteiger partial charge in [-0.15, -0.1) is 5.10 Å². The molecule has 0 saturated carbocycles. The normalized spacial score (nSPS) is 15.6. The van der Waals surface area contributed by atoms with E-state index in [9.17, 15) is 13.2 Å². The summed E-state index contributed by atoms with van der Waals surface area (Å²) < 4.78 is 29.7. The summed E-state index contributed by atoms with van der Waals surface area (Å²) in [7, 11) is -3.65. The molecular weight excluding hydrogens is 478 g/mol. The van der Waals surface area contributed by atoms with Gasteiger partial charge in [0.05, 0.1) is 17.0 Å². The van der Waals surface area contributed by atoms with Crippen LogP contribution >= 0.6 is 0 Å². The Bertz CT molecular complexity index is 1720. The molecule has 0 atom stereocenters. The highest BCUT2D eigenvalue weighted by molar-refractivity contribution is 7.89. The maximum Gasteiger partial charge on any atom is 0.281 e. The molecule has 1 saturated heterocycles. The van der Waals surface area contributed by atoms with E-state index in [1.54, 1.807) is 35.1 Å². The SMILES string of the molecule is O=c1[nH]c(C2CCN(S(=O)(=O)c3ccc4ncccc4c3)CC2)nc2c1nnn2Cc1ccccc1. The van der Waals surface area contributed by atoms with E-state index < -0.39 is 10.0 Å². The van der Waals surface area contributed by atoms with Crippen molar-refractivity contribution in [2.75, 3.05) is 13.1 Å². The maximum atomic E-state index is 13.3. The first-order valence-electron chi connectivity index (χ1n) is 11.7. The van der Waals surface area contributed by atoms with Crippen molar-refractivity contribution in [2.45, 2.75) is 30.2 Å². The number of piperidine rings is 1. The maximum absolute atomic E-state index is 13.3. The Labute approximate surface area is 206 Å². The Morgan fingerprint density at radius 1 is 1.00 bits per heavy atom. The second kappa shape index (κ2) is 8.92. The number of aromatic amines is 1. The molecule has 3 aromatic heterocycles. The van der Waals surface area contributed by atoms with Gasteiger partial charge < -0.3 is 4.98 Å². The molecule has 1 aliphatic rings. The Kier molecular flexibility index (Phi) is 5.57. The topological polar surface area (TPSA) is 127 Å². The van der Waals surface area contributed by atoms with Crippen molar-refractivity contribution < 1.29 is 8.42 Å². The summed E-state index contributed by atoms with van der Waals surface area (Å²) in [6, 6.07) is 18.4. The average Bonchev–Trinajstić information content (AvgIpc) is 3.32. The lowest BCUT2D eigenvalue weighted by atomic mass is 9.97. The second-order valence-corrected chi connectivity index (χ2v) is 10.8. The van der Waals surface area contributed by atoms with Crippen molar-refractivity contribution in [3.63, 3.8) is 0 Å². The summed E-state index contributed by atoms with van der Waals surface area (Å²) in [5, 5.41) is 8.93. The van der Waals surface area contributed by atoms with E-state index in [4.69, 9.17) is 4.98 Å².